The molecule has 0 spiro atoms. The lowest BCUT2D eigenvalue weighted by Gasteiger charge is -2.24. The molecule has 2 unspecified atom stereocenters. The van der Waals surface area contributed by atoms with E-state index in [1.54, 1.807) is 0 Å². The maximum absolute atomic E-state index is 6.49. The van der Waals surface area contributed by atoms with Crippen LogP contribution in [0.3, 0.4) is 0 Å². The van der Waals surface area contributed by atoms with Gasteiger partial charge in [0.2, 0.25) is 0 Å². The average Bonchev–Trinajstić information content (AvgIpc) is 2.90. The summed E-state index contributed by atoms with van der Waals surface area (Å²) in [5, 5.41) is 0. The van der Waals surface area contributed by atoms with Crippen molar-refractivity contribution in [1.29, 1.82) is 0 Å². The average molecular weight is 261 g/mol. The number of rotatable bonds is 4. The summed E-state index contributed by atoms with van der Waals surface area (Å²) in [7, 11) is 0. The molecule has 2 atom stereocenters. The normalized spacial score (nSPS) is 21.3. The van der Waals surface area contributed by atoms with Gasteiger partial charge in [0.15, 0.2) is 0 Å². The van der Waals surface area contributed by atoms with Crippen LogP contribution in [0, 0.1) is 5.92 Å². The van der Waals surface area contributed by atoms with Crippen molar-refractivity contribution >= 4 is 0 Å². The molecular weight excluding hydrogens is 234 g/mol. The number of nitrogens with two attached hydrogens (primary N) is 1. The second kappa shape index (κ2) is 6.06. The summed E-state index contributed by atoms with van der Waals surface area (Å²) in [4.78, 5) is 0. The van der Waals surface area contributed by atoms with Crippen molar-refractivity contribution in [2.45, 2.75) is 52.0 Å². The molecule has 2 rings (SSSR count). The van der Waals surface area contributed by atoms with Gasteiger partial charge in [-0.2, -0.15) is 0 Å². The molecule has 1 saturated heterocycles. The van der Waals surface area contributed by atoms with Crippen molar-refractivity contribution in [2.75, 3.05) is 13.2 Å². The van der Waals surface area contributed by atoms with Gasteiger partial charge < -0.3 is 10.5 Å². The number of hydrogen-bond donors (Lipinski definition) is 1. The minimum atomic E-state index is 0.112. The van der Waals surface area contributed by atoms with Crippen molar-refractivity contribution < 1.29 is 4.74 Å². The Hall–Kier alpha value is -0.860. The van der Waals surface area contributed by atoms with Crippen LogP contribution in [0.25, 0.3) is 0 Å². The maximum Gasteiger partial charge on any atom is 0.0513 e. The van der Waals surface area contributed by atoms with E-state index in [0.717, 1.165) is 19.6 Å². The maximum atomic E-state index is 6.49. The first kappa shape index (κ1) is 14.5. The molecule has 0 saturated carbocycles. The molecule has 1 aliphatic rings. The van der Waals surface area contributed by atoms with Gasteiger partial charge in [0.05, 0.1) is 6.61 Å². The van der Waals surface area contributed by atoms with E-state index in [9.17, 15) is 0 Å². The van der Waals surface area contributed by atoms with Crippen LogP contribution in [0.5, 0.6) is 0 Å². The van der Waals surface area contributed by atoms with Crippen molar-refractivity contribution in [3.63, 3.8) is 0 Å². The second-order valence-corrected chi connectivity index (χ2v) is 6.35. The van der Waals surface area contributed by atoms with E-state index in [-0.39, 0.29) is 6.04 Å². The Morgan fingerprint density at radius 2 is 1.84 bits per heavy atom. The van der Waals surface area contributed by atoms with Gasteiger partial charge in [0.1, 0.15) is 0 Å². The van der Waals surface area contributed by atoms with Gasteiger partial charge in [-0.1, -0.05) is 45.9 Å². The fourth-order valence-corrected chi connectivity index (χ4v) is 2.85. The van der Waals surface area contributed by atoms with Gasteiger partial charge >= 0.3 is 0 Å². The molecule has 2 heteroatoms. The zero-order valence-electron chi connectivity index (χ0n) is 12.6. The fourth-order valence-electron chi connectivity index (χ4n) is 2.85. The molecule has 2 N–H and O–H groups in total. The van der Waals surface area contributed by atoms with Crippen molar-refractivity contribution in [3.8, 4) is 0 Å². The Labute approximate surface area is 117 Å². The van der Waals surface area contributed by atoms with Crippen molar-refractivity contribution in [2.24, 2.45) is 11.7 Å². The first-order chi connectivity index (χ1) is 9.00. The zero-order chi connectivity index (χ0) is 14.0. The van der Waals surface area contributed by atoms with E-state index in [2.05, 4.69) is 45.9 Å². The summed E-state index contributed by atoms with van der Waals surface area (Å²) in [6.07, 6.45) is 1.09. The van der Waals surface area contributed by atoms with Crippen LogP contribution >= 0.6 is 0 Å². The molecule has 0 aliphatic carbocycles. The largest absolute Gasteiger partial charge is 0.381 e. The Kier molecular flexibility index (Phi) is 4.64. The van der Waals surface area contributed by atoms with Gasteiger partial charge in [-0.05, 0) is 34.9 Å². The molecule has 1 aromatic rings. The third-order valence-corrected chi connectivity index (χ3v) is 4.23. The summed E-state index contributed by atoms with van der Waals surface area (Å²) < 4.78 is 5.48. The summed E-state index contributed by atoms with van der Waals surface area (Å²) >= 11 is 0. The fraction of sp³-hybridized carbons (Fsp3) is 0.647. The molecule has 1 aromatic carbocycles. The summed E-state index contributed by atoms with van der Waals surface area (Å²) in [6.45, 7) is 10.7. The molecule has 1 aliphatic heterocycles. The van der Waals surface area contributed by atoms with E-state index in [4.69, 9.17) is 10.5 Å². The number of ether oxygens (including phenoxy) is 1. The Bertz CT molecular complexity index is 419. The monoisotopic (exact) mass is 261 g/mol. The van der Waals surface area contributed by atoms with E-state index in [1.165, 1.54) is 16.7 Å². The quantitative estimate of drug-likeness (QED) is 0.890. The highest BCUT2D eigenvalue weighted by molar-refractivity contribution is 5.37. The van der Waals surface area contributed by atoms with Gasteiger partial charge in [-0.3, -0.25) is 0 Å². The van der Waals surface area contributed by atoms with Crippen molar-refractivity contribution in [3.05, 3.63) is 34.9 Å². The summed E-state index contributed by atoms with van der Waals surface area (Å²) in [5.74, 6) is 1.56. The van der Waals surface area contributed by atoms with Gasteiger partial charge in [-0.15, -0.1) is 0 Å². The predicted molar refractivity (Wildman–Crippen MR) is 80.5 cm³/mol. The predicted octanol–water partition coefficient (Wildman–Crippen LogP) is 3.97. The Balaban J connectivity index is 2.32. The smallest absolute Gasteiger partial charge is 0.0513 e. The van der Waals surface area contributed by atoms with Crippen LogP contribution in [0.1, 0.15) is 68.7 Å². The minimum absolute atomic E-state index is 0.112. The van der Waals surface area contributed by atoms with Crippen LogP contribution in [-0.4, -0.2) is 13.2 Å². The van der Waals surface area contributed by atoms with E-state index in [1.807, 2.05) is 0 Å². The van der Waals surface area contributed by atoms with Crippen LogP contribution in [0.15, 0.2) is 18.2 Å². The number of hydrogen-bond acceptors (Lipinski definition) is 2. The zero-order valence-corrected chi connectivity index (χ0v) is 12.6. The first-order valence-corrected chi connectivity index (χ1v) is 7.47. The minimum Gasteiger partial charge on any atom is -0.381 e. The molecule has 1 fully saturated rings. The lowest BCUT2D eigenvalue weighted by atomic mass is 9.84. The molecule has 2 nitrogen and oxygen atoms in total. The molecule has 106 valence electrons. The summed E-state index contributed by atoms with van der Waals surface area (Å²) in [5.41, 5.74) is 10.6. The third-order valence-electron chi connectivity index (χ3n) is 4.23. The lowest BCUT2D eigenvalue weighted by molar-refractivity contribution is 0.181. The van der Waals surface area contributed by atoms with E-state index < -0.39 is 0 Å². The van der Waals surface area contributed by atoms with Gasteiger partial charge in [0.25, 0.3) is 0 Å². The molecule has 0 bridgehead atoms. The Morgan fingerprint density at radius 1 is 1.11 bits per heavy atom. The van der Waals surface area contributed by atoms with Gasteiger partial charge in [0, 0.05) is 18.6 Å². The van der Waals surface area contributed by atoms with E-state index in [0.29, 0.717) is 17.8 Å². The van der Waals surface area contributed by atoms with Crippen LogP contribution < -0.4 is 5.73 Å². The van der Waals surface area contributed by atoms with Crippen molar-refractivity contribution in [1.82, 2.24) is 0 Å². The molecule has 19 heavy (non-hydrogen) atoms. The highest BCUT2D eigenvalue weighted by atomic mass is 16.5. The SMILES string of the molecule is CC(C)c1ccc(C(N)C2CCOC2)c(C(C)C)c1. The molecule has 1 heterocycles. The first-order valence-electron chi connectivity index (χ1n) is 7.47. The highest BCUT2D eigenvalue weighted by Crippen LogP contribution is 2.33. The standard InChI is InChI=1S/C17H27NO/c1-11(2)13-5-6-15(16(9-13)12(3)4)17(18)14-7-8-19-10-14/h5-6,9,11-12,14,17H,7-8,10,18H2,1-4H3. The Morgan fingerprint density at radius 3 is 2.37 bits per heavy atom. The van der Waals surface area contributed by atoms with Crippen LogP contribution in [0.2, 0.25) is 0 Å². The molecule has 0 radical (unpaired) electrons. The molecular formula is C17H27NO. The van der Waals surface area contributed by atoms with E-state index >= 15 is 0 Å². The van der Waals surface area contributed by atoms with Crippen LogP contribution in [-0.2, 0) is 4.74 Å². The molecule has 0 amide bonds. The highest BCUT2D eigenvalue weighted by Gasteiger charge is 2.26. The number of benzene rings is 1. The third kappa shape index (κ3) is 3.18. The lowest BCUT2D eigenvalue weighted by Crippen LogP contribution is -2.23. The summed E-state index contributed by atoms with van der Waals surface area (Å²) in [6, 6.07) is 6.94. The molecule has 0 aromatic heterocycles. The van der Waals surface area contributed by atoms with Gasteiger partial charge in [-0.25, -0.2) is 0 Å². The van der Waals surface area contributed by atoms with Crippen LogP contribution in [0.4, 0.5) is 0 Å². The second-order valence-electron chi connectivity index (χ2n) is 6.35. The topological polar surface area (TPSA) is 35.2 Å².